The Labute approximate surface area is 124 Å². The second-order valence-electron chi connectivity index (χ2n) is 5.33. The van der Waals surface area contributed by atoms with Crippen molar-refractivity contribution in [2.75, 3.05) is 18.0 Å². The van der Waals surface area contributed by atoms with Crippen LogP contribution in [0.4, 0.5) is 5.69 Å². The van der Waals surface area contributed by atoms with E-state index in [-0.39, 0.29) is 17.7 Å². The number of carbonyl (C=O) groups excluding carboxylic acids is 2. The first kappa shape index (κ1) is 14.9. The lowest BCUT2D eigenvalue weighted by Gasteiger charge is -2.39. The van der Waals surface area contributed by atoms with Crippen LogP contribution in [0.3, 0.4) is 0 Å². The fourth-order valence-electron chi connectivity index (χ4n) is 2.38. The molecule has 0 unspecified atom stereocenters. The summed E-state index contributed by atoms with van der Waals surface area (Å²) in [6.07, 6.45) is 0. The fraction of sp³-hybridized carbons (Fsp3) is 0.467. The van der Waals surface area contributed by atoms with Gasteiger partial charge in [-0.25, -0.2) is 0 Å². The van der Waals surface area contributed by atoms with Crippen molar-refractivity contribution >= 4 is 29.1 Å². The third-order valence-electron chi connectivity index (χ3n) is 3.57. The molecule has 20 heavy (non-hydrogen) atoms. The topological polar surface area (TPSA) is 40.6 Å². The number of amides is 2. The van der Waals surface area contributed by atoms with E-state index in [1.165, 1.54) is 0 Å². The van der Waals surface area contributed by atoms with Crippen LogP contribution in [-0.4, -0.2) is 35.8 Å². The van der Waals surface area contributed by atoms with Crippen LogP contribution < -0.4 is 4.90 Å². The Kier molecular flexibility index (Phi) is 4.33. The minimum atomic E-state index is -0.422. The molecule has 0 saturated carbocycles. The van der Waals surface area contributed by atoms with Gasteiger partial charge in [0.05, 0.1) is 0 Å². The van der Waals surface area contributed by atoms with Gasteiger partial charge in [0.15, 0.2) is 0 Å². The van der Waals surface area contributed by atoms with E-state index in [4.69, 9.17) is 11.6 Å². The van der Waals surface area contributed by atoms with Crippen LogP contribution >= 0.6 is 11.6 Å². The van der Waals surface area contributed by atoms with Gasteiger partial charge >= 0.3 is 0 Å². The maximum atomic E-state index is 12.4. The van der Waals surface area contributed by atoms with Crippen molar-refractivity contribution in [1.82, 2.24) is 4.90 Å². The summed E-state index contributed by atoms with van der Waals surface area (Å²) in [6.45, 7) is 6.57. The Balaban J connectivity index is 2.17. The Bertz CT molecular complexity index is 513. The minimum absolute atomic E-state index is 0.0293. The number of carbonyl (C=O) groups is 2. The molecule has 1 aliphatic heterocycles. The van der Waals surface area contributed by atoms with Gasteiger partial charge in [0.1, 0.15) is 6.04 Å². The molecule has 1 fully saturated rings. The standard InChI is InChI=1S/C15H19ClN2O2/c1-10(2)14(19)17-8-9-18(15(20)11(17)3)13-6-4-12(16)5-7-13/h4-7,10-11H,8-9H2,1-3H3/t11-/m0/s1. The van der Waals surface area contributed by atoms with Gasteiger partial charge in [-0.1, -0.05) is 25.4 Å². The van der Waals surface area contributed by atoms with Crippen molar-refractivity contribution in [3.05, 3.63) is 29.3 Å². The molecule has 5 heteroatoms. The molecule has 0 radical (unpaired) electrons. The maximum absolute atomic E-state index is 12.4. The predicted octanol–water partition coefficient (Wildman–Crippen LogP) is 2.56. The molecule has 108 valence electrons. The summed E-state index contributed by atoms with van der Waals surface area (Å²) in [5.74, 6) is -0.110. The molecule has 0 aliphatic carbocycles. The number of hydrogen-bond acceptors (Lipinski definition) is 2. The molecule has 2 amide bonds. The average Bonchev–Trinajstić information content (AvgIpc) is 2.42. The van der Waals surface area contributed by atoms with Crippen molar-refractivity contribution in [3.63, 3.8) is 0 Å². The van der Waals surface area contributed by atoms with E-state index in [9.17, 15) is 9.59 Å². The highest BCUT2D eigenvalue weighted by Crippen LogP contribution is 2.23. The van der Waals surface area contributed by atoms with E-state index in [0.29, 0.717) is 18.1 Å². The SMILES string of the molecule is CC(C)C(=O)N1CCN(c2ccc(Cl)cc2)C(=O)[C@@H]1C. The number of nitrogens with zero attached hydrogens (tertiary/aromatic N) is 2. The third kappa shape index (κ3) is 2.80. The predicted molar refractivity (Wildman–Crippen MR) is 79.8 cm³/mol. The largest absolute Gasteiger partial charge is 0.329 e. The van der Waals surface area contributed by atoms with Crippen molar-refractivity contribution in [3.8, 4) is 0 Å². The van der Waals surface area contributed by atoms with Gasteiger partial charge in [0.2, 0.25) is 11.8 Å². The number of benzene rings is 1. The highest BCUT2D eigenvalue weighted by Gasteiger charge is 2.35. The van der Waals surface area contributed by atoms with Gasteiger partial charge in [0, 0.05) is 29.7 Å². The minimum Gasteiger partial charge on any atom is -0.329 e. The van der Waals surface area contributed by atoms with Gasteiger partial charge in [-0.3, -0.25) is 9.59 Å². The second kappa shape index (κ2) is 5.83. The van der Waals surface area contributed by atoms with Crippen molar-refractivity contribution in [2.24, 2.45) is 5.92 Å². The molecule has 1 heterocycles. The van der Waals surface area contributed by atoms with Crippen LogP contribution in [0.15, 0.2) is 24.3 Å². The van der Waals surface area contributed by atoms with Gasteiger partial charge in [-0.05, 0) is 31.2 Å². The summed E-state index contributed by atoms with van der Waals surface area (Å²) in [7, 11) is 0. The van der Waals surface area contributed by atoms with E-state index in [2.05, 4.69) is 0 Å². The molecule has 1 saturated heterocycles. The van der Waals surface area contributed by atoms with E-state index in [1.807, 2.05) is 26.0 Å². The second-order valence-corrected chi connectivity index (χ2v) is 5.77. The molecule has 4 nitrogen and oxygen atoms in total. The number of rotatable bonds is 2. The summed E-state index contributed by atoms with van der Waals surface area (Å²) >= 11 is 5.86. The number of hydrogen-bond donors (Lipinski definition) is 0. The Hall–Kier alpha value is -1.55. The smallest absolute Gasteiger partial charge is 0.249 e. The maximum Gasteiger partial charge on any atom is 0.249 e. The first-order chi connectivity index (χ1) is 9.41. The number of anilines is 1. The van der Waals surface area contributed by atoms with E-state index < -0.39 is 6.04 Å². The number of halogens is 1. The molecular weight excluding hydrogens is 276 g/mol. The molecule has 2 rings (SSSR count). The van der Waals surface area contributed by atoms with Crippen LogP contribution in [0.5, 0.6) is 0 Å². The summed E-state index contributed by atoms with van der Waals surface area (Å²) < 4.78 is 0. The highest BCUT2D eigenvalue weighted by atomic mass is 35.5. The average molecular weight is 295 g/mol. The fourth-order valence-corrected chi connectivity index (χ4v) is 2.51. The monoisotopic (exact) mass is 294 g/mol. The quantitative estimate of drug-likeness (QED) is 0.841. The molecule has 0 bridgehead atoms. The molecule has 1 aromatic rings. The zero-order valence-corrected chi connectivity index (χ0v) is 12.7. The molecule has 1 atom stereocenters. The lowest BCUT2D eigenvalue weighted by molar-refractivity contribution is -0.143. The van der Waals surface area contributed by atoms with Gasteiger partial charge < -0.3 is 9.80 Å². The van der Waals surface area contributed by atoms with Crippen LogP contribution in [0.1, 0.15) is 20.8 Å². The lowest BCUT2D eigenvalue weighted by Crippen LogP contribution is -2.58. The molecule has 1 aliphatic rings. The van der Waals surface area contributed by atoms with Crippen LogP contribution in [0.25, 0.3) is 0 Å². The molecule has 1 aromatic carbocycles. The van der Waals surface area contributed by atoms with E-state index in [1.54, 1.807) is 28.9 Å². The highest BCUT2D eigenvalue weighted by molar-refractivity contribution is 6.30. The van der Waals surface area contributed by atoms with Crippen molar-refractivity contribution < 1.29 is 9.59 Å². The first-order valence-electron chi connectivity index (χ1n) is 6.79. The van der Waals surface area contributed by atoms with Gasteiger partial charge in [0.25, 0.3) is 0 Å². The summed E-state index contributed by atoms with van der Waals surface area (Å²) in [4.78, 5) is 27.9. The summed E-state index contributed by atoms with van der Waals surface area (Å²) in [6, 6.07) is 6.76. The van der Waals surface area contributed by atoms with Crippen molar-refractivity contribution in [2.45, 2.75) is 26.8 Å². The van der Waals surface area contributed by atoms with Crippen LogP contribution in [-0.2, 0) is 9.59 Å². The molecule has 0 aromatic heterocycles. The van der Waals surface area contributed by atoms with Gasteiger partial charge in [-0.2, -0.15) is 0 Å². The van der Waals surface area contributed by atoms with Crippen molar-refractivity contribution in [1.29, 1.82) is 0 Å². The zero-order valence-electron chi connectivity index (χ0n) is 12.0. The normalized spacial score (nSPS) is 19.6. The van der Waals surface area contributed by atoms with Crippen LogP contribution in [0, 0.1) is 5.92 Å². The number of piperazine rings is 1. The van der Waals surface area contributed by atoms with Crippen LogP contribution in [0.2, 0.25) is 5.02 Å². The Morgan fingerprint density at radius 2 is 1.85 bits per heavy atom. The molecule has 0 N–H and O–H groups in total. The third-order valence-corrected chi connectivity index (χ3v) is 3.82. The first-order valence-corrected chi connectivity index (χ1v) is 7.17. The zero-order chi connectivity index (χ0) is 14.9. The summed E-state index contributed by atoms with van der Waals surface area (Å²) in [5.41, 5.74) is 0.822. The van der Waals surface area contributed by atoms with Gasteiger partial charge in [-0.15, -0.1) is 0 Å². The van der Waals surface area contributed by atoms with E-state index in [0.717, 1.165) is 5.69 Å². The van der Waals surface area contributed by atoms with E-state index >= 15 is 0 Å². The Morgan fingerprint density at radius 3 is 2.40 bits per heavy atom. The molecular formula is C15H19ClN2O2. The molecule has 0 spiro atoms. The Morgan fingerprint density at radius 1 is 1.25 bits per heavy atom. The summed E-state index contributed by atoms with van der Waals surface area (Å²) in [5, 5.41) is 0.642. The lowest BCUT2D eigenvalue weighted by atomic mass is 10.1.